The van der Waals surface area contributed by atoms with Gasteiger partial charge >= 0.3 is 0 Å². The largest absolute Gasteiger partial charge is 0.465 e. The molecule has 1 saturated heterocycles. The van der Waals surface area contributed by atoms with E-state index in [0.717, 1.165) is 18.6 Å². The zero-order valence-electron chi connectivity index (χ0n) is 11.2. The summed E-state index contributed by atoms with van der Waals surface area (Å²) in [6, 6.07) is 5.07. The van der Waals surface area contributed by atoms with Gasteiger partial charge in [0.25, 0.3) is 0 Å². The van der Waals surface area contributed by atoms with E-state index >= 15 is 0 Å². The third kappa shape index (κ3) is 2.51. The van der Waals surface area contributed by atoms with Crippen LogP contribution in [0.3, 0.4) is 0 Å². The Hall–Kier alpha value is -1.60. The second kappa shape index (κ2) is 5.06. The highest BCUT2D eigenvalue weighted by Gasteiger charge is 2.37. The second-order valence-electron chi connectivity index (χ2n) is 4.96. The third-order valence-corrected chi connectivity index (χ3v) is 5.28. The Morgan fingerprint density at radius 3 is 2.90 bits per heavy atom. The summed E-state index contributed by atoms with van der Waals surface area (Å²) in [6.07, 6.45) is 3.00. The van der Waals surface area contributed by atoms with Crippen LogP contribution in [0.1, 0.15) is 36.1 Å². The number of aryl methyl sites for hydroxylation is 1. The lowest BCUT2D eigenvalue weighted by molar-refractivity contribution is 0.333. The maximum absolute atomic E-state index is 12.5. The van der Waals surface area contributed by atoms with Crippen molar-refractivity contribution in [1.29, 1.82) is 0 Å². The standard InChI is InChI=1S/C13H16N2O4S/c1-10-4-5-13(19-10)12-3-2-7-15(12)20(16,17)9-11-6-8-18-14-11/h4-6,8,12H,2-3,7,9H2,1H3/t12-/m0/s1. The van der Waals surface area contributed by atoms with Crippen molar-refractivity contribution in [2.75, 3.05) is 6.54 Å². The van der Waals surface area contributed by atoms with Gasteiger partial charge in [0.05, 0.1) is 11.7 Å². The van der Waals surface area contributed by atoms with Crippen LogP contribution in [-0.2, 0) is 15.8 Å². The highest BCUT2D eigenvalue weighted by atomic mass is 32.2. The van der Waals surface area contributed by atoms with E-state index in [0.29, 0.717) is 18.0 Å². The summed E-state index contributed by atoms with van der Waals surface area (Å²) in [6.45, 7) is 2.37. The number of rotatable bonds is 4. The molecule has 20 heavy (non-hydrogen) atoms. The van der Waals surface area contributed by atoms with Gasteiger partial charge in [-0.2, -0.15) is 4.31 Å². The number of hydrogen-bond acceptors (Lipinski definition) is 5. The Balaban J connectivity index is 1.84. The first-order valence-corrected chi connectivity index (χ1v) is 8.12. The fraction of sp³-hybridized carbons (Fsp3) is 0.462. The molecule has 6 nitrogen and oxygen atoms in total. The Morgan fingerprint density at radius 2 is 2.25 bits per heavy atom. The molecule has 0 spiro atoms. The van der Waals surface area contributed by atoms with Crippen LogP contribution in [-0.4, -0.2) is 24.4 Å². The van der Waals surface area contributed by atoms with Crippen LogP contribution in [0.4, 0.5) is 0 Å². The maximum atomic E-state index is 12.5. The maximum Gasteiger partial charge on any atom is 0.220 e. The molecule has 1 aliphatic heterocycles. The lowest BCUT2D eigenvalue weighted by Gasteiger charge is -2.22. The predicted molar refractivity (Wildman–Crippen MR) is 71.3 cm³/mol. The predicted octanol–water partition coefficient (Wildman–Crippen LogP) is 2.24. The summed E-state index contributed by atoms with van der Waals surface area (Å²) in [7, 11) is -3.42. The molecule has 0 radical (unpaired) electrons. The summed E-state index contributed by atoms with van der Waals surface area (Å²) in [4.78, 5) is 0. The van der Waals surface area contributed by atoms with E-state index in [2.05, 4.69) is 9.68 Å². The van der Waals surface area contributed by atoms with Gasteiger partial charge in [-0.3, -0.25) is 0 Å². The molecule has 3 rings (SSSR count). The van der Waals surface area contributed by atoms with E-state index in [1.807, 2.05) is 19.1 Å². The van der Waals surface area contributed by atoms with Crippen molar-refractivity contribution in [3.63, 3.8) is 0 Å². The van der Waals surface area contributed by atoms with Gasteiger partial charge in [0.2, 0.25) is 10.0 Å². The van der Waals surface area contributed by atoms with Gasteiger partial charge in [-0.1, -0.05) is 5.16 Å². The van der Waals surface area contributed by atoms with Gasteiger partial charge < -0.3 is 8.94 Å². The van der Waals surface area contributed by atoms with E-state index in [1.165, 1.54) is 10.6 Å². The summed E-state index contributed by atoms with van der Waals surface area (Å²) in [5, 5.41) is 3.67. The number of sulfonamides is 1. The van der Waals surface area contributed by atoms with Gasteiger partial charge in [0.15, 0.2) is 0 Å². The zero-order chi connectivity index (χ0) is 14.2. The number of furan rings is 1. The molecular weight excluding hydrogens is 280 g/mol. The first-order valence-electron chi connectivity index (χ1n) is 6.51. The molecule has 0 N–H and O–H groups in total. The minimum absolute atomic E-state index is 0.139. The first-order chi connectivity index (χ1) is 9.56. The molecule has 0 saturated carbocycles. The molecule has 1 fully saturated rings. The molecular formula is C13H16N2O4S. The van der Waals surface area contributed by atoms with Crippen molar-refractivity contribution in [3.8, 4) is 0 Å². The highest BCUT2D eigenvalue weighted by molar-refractivity contribution is 7.88. The van der Waals surface area contributed by atoms with Crippen LogP contribution in [0.15, 0.2) is 33.4 Å². The average molecular weight is 296 g/mol. The van der Waals surface area contributed by atoms with Crippen molar-refractivity contribution < 1.29 is 17.4 Å². The van der Waals surface area contributed by atoms with Gasteiger partial charge in [0, 0.05) is 12.6 Å². The molecule has 0 aromatic carbocycles. The Labute approximate surface area is 117 Å². The topological polar surface area (TPSA) is 76.6 Å². The quantitative estimate of drug-likeness (QED) is 0.864. The number of nitrogens with zero attached hydrogens (tertiary/aromatic N) is 2. The van der Waals surface area contributed by atoms with Gasteiger partial charge in [-0.05, 0) is 31.9 Å². The summed E-state index contributed by atoms with van der Waals surface area (Å²) in [5.41, 5.74) is 0.422. The second-order valence-corrected chi connectivity index (χ2v) is 6.89. The molecule has 0 bridgehead atoms. The van der Waals surface area contributed by atoms with Crippen LogP contribution in [0.2, 0.25) is 0 Å². The van der Waals surface area contributed by atoms with E-state index in [9.17, 15) is 8.42 Å². The monoisotopic (exact) mass is 296 g/mol. The van der Waals surface area contributed by atoms with Crippen molar-refractivity contribution in [2.24, 2.45) is 0 Å². The summed E-state index contributed by atoms with van der Waals surface area (Å²) >= 11 is 0. The van der Waals surface area contributed by atoms with Crippen molar-refractivity contribution in [3.05, 3.63) is 41.7 Å². The van der Waals surface area contributed by atoms with Crippen molar-refractivity contribution >= 4 is 10.0 Å². The van der Waals surface area contributed by atoms with Gasteiger partial charge in [0.1, 0.15) is 23.5 Å². The lowest BCUT2D eigenvalue weighted by atomic mass is 10.2. The van der Waals surface area contributed by atoms with E-state index in [1.54, 1.807) is 6.07 Å². The van der Waals surface area contributed by atoms with Crippen LogP contribution >= 0.6 is 0 Å². The molecule has 0 amide bonds. The molecule has 3 heterocycles. The Kier molecular flexibility index (Phi) is 3.39. The smallest absolute Gasteiger partial charge is 0.220 e. The van der Waals surface area contributed by atoms with Crippen LogP contribution in [0.5, 0.6) is 0 Å². The molecule has 1 atom stereocenters. The normalized spacial score (nSPS) is 20.6. The van der Waals surface area contributed by atoms with Gasteiger partial charge in [-0.15, -0.1) is 0 Å². The van der Waals surface area contributed by atoms with Crippen molar-refractivity contribution in [1.82, 2.24) is 9.46 Å². The molecule has 1 aliphatic rings. The number of aromatic nitrogens is 1. The molecule has 0 aliphatic carbocycles. The summed E-state index contributed by atoms with van der Waals surface area (Å²) < 4.78 is 36.8. The van der Waals surface area contributed by atoms with Crippen LogP contribution < -0.4 is 0 Å². The molecule has 108 valence electrons. The molecule has 2 aromatic rings. The minimum Gasteiger partial charge on any atom is -0.465 e. The highest BCUT2D eigenvalue weighted by Crippen LogP contribution is 2.35. The average Bonchev–Trinajstić information content (AvgIpc) is 3.07. The fourth-order valence-electron chi connectivity index (χ4n) is 2.57. The molecule has 0 unspecified atom stereocenters. The van der Waals surface area contributed by atoms with Crippen LogP contribution in [0.25, 0.3) is 0 Å². The molecule has 7 heteroatoms. The van der Waals surface area contributed by atoms with Gasteiger partial charge in [-0.25, -0.2) is 8.42 Å². The van der Waals surface area contributed by atoms with E-state index in [4.69, 9.17) is 4.42 Å². The first kappa shape index (κ1) is 13.4. The third-order valence-electron chi connectivity index (χ3n) is 3.47. The summed E-state index contributed by atoms with van der Waals surface area (Å²) in [5.74, 6) is 1.36. The Morgan fingerprint density at radius 1 is 1.40 bits per heavy atom. The van der Waals surface area contributed by atoms with Crippen LogP contribution in [0, 0.1) is 6.92 Å². The lowest BCUT2D eigenvalue weighted by Crippen LogP contribution is -2.31. The van der Waals surface area contributed by atoms with E-state index in [-0.39, 0.29) is 11.8 Å². The fourth-order valence-corrected chi connectivity index (χ4v) is 4.26. The minimum atomic E-state index is -3.42. The Bertz CT molecular complexity index is 675. The number of hydrogen-bond donors (Lipinski definition) is 0. The molecule has 2 aromatic heterocycles. The SMILES string of the molecule is Cc1ccc([C@@H]2CCCN2S(=O)(=O)Cc2ccon2)o1. The zero-order valence-corrected chi connectivity index (χ0v) is 12.0. The van der Waals surface area contributed by atoms with E-state index < -0.39 is 10.0 Å². The van der Waals surface area contributed by atoms with Crippen molar-refractivity contribution in [2.45, 2.75) is 31.6 Å².